The molecule has 0 unspecified atom stereocenters. The highest BCUT2D eigenvalue weighted by Gasteiger charge is 2.62. The molecule has 4 bridgehead atoms. The third kappa shape index (κ3) is 2.68. The number of ketones is 1. The van der Waals surface area contributed by atoms with Crippen LogP contribution in [0, 0.1) is 41.4 Å². The first-order valence-electron chi connectivity index (χ1n) is 9.80. The Labute approximate surface area is 151 Å². The smallest absolute Gasteiger partial charge is 0.341 e. The molecule has 25 heavy (non-hydrogen) atoms. The summed E-state index contributed by atoms with van der Waals surface area (Å²) in [5.41, 5.74) is -0.873. The van der Waals surface area contributed by atoms with Crippen molar-refractivity contribution >= 4 is 11.8 Å². The fourth-order valence-corrected chi connectivity index (χ4v) is 5.95. The van der Waals surface area contributed by atoms with E-state index in [0.29, 0.717) is 11.8 Å². The molecule has 0 saturated heterocycles. The van der Waals surface area contributed by atoms with Gasteiger partial charge in [-0.05, 0) is 48.9 Å². The number of hydrogen-bond acceptors (Lipinski definition) is 4. The SMILES string of the molecule is COC(=O)C1=C[C@H]2[C@@H](C(C)C)CC[C@@H](C)[C@@H]3CC[C@@H](C)[C@@]2(O)[C@@H]3C1=O. The summed E-state index contributed by atoms with van der Waals surface area (Å²) in [6.07, 6.45) is 5.78. The summed E-state index contributed by atoms with van der Waals surface area (Å²) in [5, 5.41) is 11.9. The first kappa shape index (κ1) is 18.6. The summed E-state index contributed by atoms with van der Waals surface area (Å²) < 4.78 is 4.89. The van der Waals surface area contributed by atoms with Crippen LogP contribution in [0.4, 0.5) is 0 Å². The first-order valence-corrected chi connectivity index (χ1v) is 9.80. The van der Waals surface area contributed by atoms with Gasteiger partial charge < -0.3 is 9.84 Å². The first-order chi connectivity index (χ1) is 11.7. The van der Waals surface area contributed by atoms with Crippen LogP contribution in [0.1, 0.15) is 53.4 Å². The number of esters is 1. The molecular formula is C21H32O4. The third-order valence-corrected chi connectivity index (χ3v) is 7.49. The van der Waals surface area contributed by atoms with Gasteiger partial charge in [0.25, 0.3) is 0 Å². The Morgan fingerprint density at radius 1 is 1.24 bits per heavy atom. The number of ether oxygens (including phenoxy) is 1. The average molecular weight is 348 g/mol. The quantitative estimate of drug-likeness (QED) is 0.614. The van der Waals surface area contributed by atoms with Gasteiger partial charge in [0, 0.05) is 5.92 Å². The number of carbonyl (C=O) groups excluding carboxylic acids is 2. The summed E-state index contributed by atoms with van der Waals surface area (Å²) in [6, 6.07) is 0. The standard InChI is InChI=1S/C21H32O4/c1-11(2)14-8-6-12(3)15-9-7-13(4)21(24)17(14)10-16(20(23)25-5)19(22)18(15)21/h10-15,17-18,24H,6-9H2,1-5H3/t12-,13-,14-,15+,17+,18+,21+/m1/s1. The number of Topliss-reactive ketones (excluding diaryl/α,β-unsaturated/α-hetero) is 1. The number of carbonyl (C=O) groups is 2. The minimum Gasteiger partial charge on any atom is -0.465 e. The lowest BCUT2D eigenvalue weighted by atomic mass is 9.48. The Morgan fingerprint density at radius 3 is 2.52 bits per heavy atom. The molecule has 0 aromatic heterocycles. The van der Waals surface area contributed by atoms with Crippen molar-refractivity contribution in [1.82, 2.24) is 0 Å². The van der Waals surface area contributed by atoms with Gasteiger partial charge in [-0.25, -0.2) is 4.79 Å². The highest BCUT2D eigenvalue weighted by molar-refractivity contribution is 6.19. The molecule has 0 amide bonds. The zero-order chi connectivity index (χ0) is 18.5. The van der Waals surface area contributed by atoms with E-state index in [2.05, 4.69) is 27.7 Å². The van der Waals surface area contributed by atoms with E-state index in [0.717, 1.165) is 25.7 Å². The number of hydrogen-bond donors (Lipinski definition) is 1. The molecule has 0 aromatic rings. The topological polar surface area (TPSA) is 63.6 Å². The van der Waals surface area contributed by atoms with Crippen LogP contribution in [-0.4, -0.2) is 29.6 Å². The van der Waals surface area contributed by atoms with E-state index >= 15 is 0 Å². The van der Waals surface area contributed by atoms with Crippen LogP contribution in [0.2, 0.25) is 0 Å². The van der Waals surface area contributed by atoms with Crippen molar-refractivity contribution in [2.75, 3.05) is 7.11 Å². The Bertz CT molecular complexity index is 593. The second-order valence-electron chi connectivity index (χ2n) is 8.93. The molecule has 2 saturated carbocycles. The molecule has 2 fully saturated rings. The van der Waals surface area contributed by atoms with Crippen molar-refractivity contribution in [3.8, 4) is 0 Å². The zero-order valence-electron chi connectivity index (χ0n) is 16.1. The second-order valence-corrected chi connectivity index (χ2v) is 8.93. The maximum Gasteiger partial charge on any atom is 0.341 e. The van der Waals surface area contributed by atoms with Gasteiger partial charge in [-0.2, -0.15) is 0 Å². The molecule has 3 aliphatic carbocycles. The largest absolute Gasteiger partial charge is 0.465 e. The van der Waals surface area contributed by atoms with Crippen molar-refractivity contribution in [1.29, 1.82) is 0 Å². The lowest BCUT2D eigenvalue weighted by molar-refractivity contribution is -0.183. The van der Waals surface area contributed by atoms with Crippen LogP contribution in [0.3, 0.4) is 0 Å². The van der Waals surface area contributed by atoms with E-state index < -0.39 is 17.5 Å². The van der Waals surface area contributed by atoms with Crippen LogP contribution >= 0.6 is 0 Å². The number of methoxy groups -OCH3 is 1. The third-order valence-electron chi connectivity index (χ3n) is 7.49. The van der Waals surface area contributed by atoms with Crippen molar-refractivity contribution in [2.45, 2.75) is 59.0 Å². The van der Waals surface area contributed by atoms with Crippen LogP contribution in [0.25, 0.3) is 0 Å². The highest BCUT2D eigenvalue weighted by Crippen LogP contribution is 2.57. The van der Waals surface area contributed by atoms with Gasteiger partial charge in [0.1, 0.15) is 0 Å². The summed E-state index contributed by atoms with van der Waals surface area (Å²) in [5.74, 6) is -0.135. The zero-order valence-corrected chi connectivity index (χ0v) is 16.1. The van der Waals surface area contributed by atoms with Crippen LogP contribution in [0.15, 0.2) is 11.6 Å². The monoisotopic (exact) mass is 348 g/mol. The van der Waals surface area contributed by atoms with E-state index in [1.54, 1.807) is 6.08 Å². The molecule has 0 heterocycles. The fourth-order valence-electron chi connectivity index (χ4n) is 5.95. The van der Waals surface area contributed by atoms with E-state index in [9.17, 15) is 14.7 Å². The Morgan fingerprint density at radius 2 is 1.92 bits per heavy atom. The van der Waals surface area contributed by atoms with E-state index in [1.807, 2.05) is 0 Å². The van der Waals surface area contributed by atoms with Gasteiger partial charge in [-0.1, -0.05) is 40.2 Å². The van der Waals surface area contributed by atoms with Crippen molar-refractivity contribution in [2.24, 2.45) is 41.4 Å². The maximum absolute atomic E-state index is 13.3. The van der Waals surface area contributed by atoms with E-state index in [1.165, 1.54) is 7.11 Å². The lowest BCUT2D eigenvalue weighted by Crippen LogP contribution is -2.64. The molecular weight excluding hydrogens is 316 g/mol. The molecule has 1 N–H and O–H groups in total. The van der Waals surface area contributed by atoms with Gasteiger partial charge in [0.2, 0.25) is 0 Å². The normalized spacial score (nSPS) is 44.0. The molecule has 4 heteroatoms. The predicted octanol–water partition coefficient (Wildman–Crippen LogP) is 3.38. The maximum atomic E-state index is 13.3. The average Bonchev–Trinajstić information content (AvgIpc) is 2.56. The van der Waals surface area contributed by atoms with Gasteiger partial charge >= 0.3 is 5.97 Å². The summed E-state index contributed by atoms with van der Waals surface area (Å²) in [4.78, 5) is 25.5. The van der Waals surface area contributed by atoms with Crippen LogP contribution in [-0.2, 0) is 14.3 Å². The van der Waals surface area contributed by atoms with Gasteiger partial charge in [-0.3, -0.25) is 4.79 Å². The molecule has 0 aromatic carbocycles. The van der Waals surface area contributed by atoms with Crippen molar-refractivity contribution in [3.05, 3.63) is 11.6 Å². The number of rotatable bonds is 2. The molecule has 0 aliphatic heterocycles. The van der Waals surface area contributed by atoms with E-state index in [4.69, 9.17) is 4.74 Å². The van der Waals surface area contributed by atoms with Gasteiger partial charge in [0.15, 0.2) is 5.78 Å². The lowest BCUT2D eigenvalue weighted by Gasteiger charge is -2.58. The molecule has 7 atom stereocenters. The van der Waals surface area contributed by atoms with Gasteiger partial charge in [-0.15, -0.1) is 0 Å². The van der Waals surface area contributed by atoms with Gasteiger partial charge in [0.05, 0.1) is 24.2 Å². The second kappa shape index (κ2) is 6.53. The highest BCUT2D eigenvalue weighted by atomic mass is 16.5. The Hall–Kier alpha value is -1.16. The molecule has 0 radical (unpaired) electrons. The summed E-state index contributed by atoms with van der Waals surface area (Å²) in [7, 11) is 1.32. The fraction of sp³-hybridized carbons (Fsp3) is 0.810. The summed E-state index contributed by atoms with van der Waals surface area (Å²) in [6.45, 7) is 8.65. The summed E-state index contributed by atoms with van der Waals surface area (Å²) >= 11 is 0. The minimum atomic E-state index is -1.04. The van der Waals surface area contributed by atoms with Crippen LogP contribution < -0.4 is 0 Å². The van der Waals surface area contributed by atoms with Crippen molar-refractivity contribution in [3.63, 3.8) is 0 Å². The van der Waals surface area contributed by atoms with E-state index in [-0.39, 0.29) is 35.0 Å². The molecule has 0 spiro atoms. The van der Waals surface area contributed by atoms with Crippen molar-refractivity contribution < 1.29 is 19.4 Å². The number of aliphatic hydroxyl groups is 1. The predicted molar refractivity (Wildman–Crippen MR) is 95.6 cm³/mol. The Balaban J connectivity index is 2.21. The molecule has 3 aliphatic rings. The molecule has 4 nitrogen and oxygen atoms in total. The van der Waals surface area contributed by atoms with Crippen LogP contribution in [0.5, 0.6) is 0 Å². The molecule has 140 valence electrons. The minimum absolute atomic E-state index is 0.0599. The Kier molecular flexibility index (Phi) is 4.87. The molecule has 3 rings (SSSR count).